The molecule has 1 aliphatic heterocycles. The van der Waals surface area contributed by atoms with Crippen molar-refractivity contribution in [3.63, 3.8) is 0 Å². The van der Waals surface area contributed by atoms with Gasteiger partial charge in [-0.05, 0) is 0 Å². The Bertz CT molecular complexity index is 486. The lowest BCUT2D eigenvalue weighted by molar-refractivity contribution is -0.891. The van der Waals surface area contributed by atoms with Crippen LogP contribution in [0.1, 0.15) is 6.92 Å². The van der Waals surface area contributed by atoms with Crippen molar-refractivity contribution in [2.45, 2.75) is 37.3 Å². The van der Waals surface area contributed by atoms with Crippen molar-refractivity contribution < 1.29 is 39.2 Å². The SMILES string of the molecule is CC(=O)N[C@H]1[C@H](C(O)[C@H](O)CO)OC(C(=O)O)=C[C@@H]1[N+](C)(C)C. The largest absolute Gasteiger partial charge is 0.478 e. The fourth-order valence-corrected chi connectivity index (χ4v) is 2.55. The lowest BCUT2D eigenvalue weighted by Gasteiger charge is -2.44. The molecule has 23 heavy (non-hydrogen) atoms. The van der Waals surface area contributed by atoms with Crippen molar-refractivity contribution >= 4 is 11.9 Å². The molecule has 1 rings (SSSR count). The fraction of sp³-hybridized carbons (Fsp3) is 0.714. The molecule has 0 bridgehead atoms. The van der Waals surface area contributed by atoms with Crippen LogP contribution in [-0.2, 0) is 14.3 Å². The number of nitrogens with zero attached hydrogens (tertiary/aromatic N) is 1. The van der Waals surface area contributed by atoms with Gasteiger partial charge in [-0.3, -0.25) is 4.79 Å². The van der Waals surface area contributed by atoms with Gasteiger partial charge >= 0.3 is 5.97 Å². The maximum absolute atomic E-state index is 11.5. The minimum atomic E-state index is -1.58. The monoisotopic (exact) mass is 333 g/mol. The van der Waals surface area contributed by atoms with E-state index in [1.807, 2.05) is 0 Å². The van der Waals surface area contributed by atoms with Crippen LogP contribution in [0.2, 0.25) is 0 Å². The van der Waals surface area contributed by atoms with Gasteiger partial charge in [0, 0.05) is 13.0 Å². The third kappa shape index (κ3) is 4.64. The van der Waals surface area contributed by atoms with Gasteiger partial charge in [0.2, 0.25) is 11.7 Å². The number of carbonyl (C=O) groups is 2. The molecule has 0 saturated carbocycles. The Kier molecular flexibility index (Phi) is 6.11. The molecule has 1 amide bonds. The molecule has 9 heteroatoms. The zero-order valence-corrected chi connectivity index (χ0v) is 13.6. The minimum absolute atomic E-state index is 0.253. The highest BCUT2D eigenvalue weighted by Crippen LogP contribution is 2.27. The van der Waals surface area contributed by atoms with Gasteiger partial charge in [0.05, 0.1) is 27.7 Å². The van der Waals surface area contributed by atoms with E-state index < -0.39 is 43.0 Å². The predicted octanol–water partition coefficient (Wildman–Crippen LogP) is -2.35. The zero-order valence-electron chi connectivity index (χ0n) is 13.6. The Morgan fingerprint density at radius 1 is 1.35 bits per heavy atom. The molecule has 0 fully saturated rings. The Balaban J connectivity index is 3.31. The van der Waals surface area contributed by atoms with Crippen LogP contribution in [0.3, 0.4) is 0 Å². The molecular weight excluding hydrogens is 308 g/mol. The predicted molar refractivity (Wildman–Crippen MR) is 79.1 cm³/mol. The number of ether oxygens (including phenoxy) is 1. The van der Waals surface area contributed by atoms with Gasteiger partial charge in [-0.15, -0.1) is 0 Å². The van der Waals surface area contributed by atoms with E-state index in [-0.39, 0.29) is 16.1 Å². The lowest BCUT2D eigenvalue weighted by atomic mass is 9.90. The lowest BCUT2D eigenvalue weighted by Crippen LogP contribution is -2.66. The van der Waals surface area contributed by atoms with Gasteiger partial charge in [-0.25, -0.2) is 4.79 Å². The summed E-state index contributed by atoms with van der Waals surface area (Å²) >= 11 is 0. The standard InChI is InChI=1S/C14H24N2O7/c1-7(18)15-11-8(16(2,3)4)5-10(14(21)22)23-13(11)12(20)9(19)6-17/h5,8-9,11-13,17,19-20H,6H2,1-4H3,(H-,15,18,21,22)/p+1/t8-,9+,11+,12?,13+/m0/s1. The second kappa shape index (κ2) is 7.26. The highest BCUT2D eigenvalue weighted by Gasteiger charge is 2.48. The van der Waals surface area contributed by atoms with Crippen molar-refractivity contribution in [2.24, 2.45) is 0 Å². The van der Waals surface area contributed by atoms with Crippen molar-refractivity contribution in [1.82, 2.24) is 5.32 Å². The number of aliphatic hydroxyl groups is 3. The van der Waals surface area contributed by atoms with Gasteiger partial charge in [0.1, 0.15) is 24.3 Å². The number of likely N-dealkylation sites (N-methyl/N-ethyl adjacent to an activating group) is 1. The van der Waals surface area contributed by atoms with Crippen LogP contribution in [0.25, 0.3) is 0 Å². The molecule has 0 aromatic heterocycles. The molecule has 0 aliphatic carbocycles. The highest BCUT2D eigenvalue weighted by atomic mass is 16.5. The molecular formula is C14H25N2O7+. The third-order valence-electron chi connectivity index (χ3n) is 3.70. The van der Waals surface area contributed by atoms with Crippen LogP contribution in [0.15, 0.2) is 11.8 Å². The molecule has 0 aromatic rings. The van der Waals surface area contributed by atoms with E-state index >= 15 is 0 Å². The molecule has 9 nitrogen and oxygen atoms in total. The molecule has 0 saturated heterocycles. The number of amides is 1. The normalized spacial score (nSPS) is 27.4. The van der Waals surface area contributed by atoms with Crippen molar-refractivity contribution in [1.29, 1.82) is 0 Å². The summed E-state index contributed by atoms with van der Waals surface area (Å²) in [4.78, 5) is 22.8. The first kappa shape index (κ1) is 19.4. The van der Waals surface area contributed by atoms with Gasteiger partial charge < -0.3 is 35.0 Å². The molecule has 5 N–H and O–H groups in total. The van der Waals surface area contributed by atoms with E-state index in [4.69, 9.17) is 9.84 Å². The molecule has 0 radical (unpaired) electrons. The highest BCUT2D eigenvalue weighted by molar-refractivity contribution is 5.84. The third-order valence-corrected chi connectivity index (χ3v) is 3.70. The summed E-state index contributed by atoms with van der Waals surface area (Å²) in [7, 11) is 5.39. The first-order valence-corrected chi connectivity index (χ1v) is 7.16. The average molecular weight is 333 g/mol. The number of quaternary nitrogens is 1. The summed E-state index contributed by atoms with van der Waals surface area (Å²) in [6.45, 7) is 0.560. The van der Waals surface area contributed by atoms with Crippen molar-refractivity contribution in [3.8, 4) is 0 Å². The van der Waals surface area contributed by atoms with E-state index in [1.54, 1.807) is 21.1 Å². The first-order chi connectivity index (χ1) is 10.5. The zero-order chi connectivity index (χ0) is 17.9. The number of hydrogen-bond acceptors (Lipinski definition) is 6. The summed E-state index contributed by atoms with van der Waals surface area (Å²) in [6.07, 6.45) is -2.96. The van der Waals surface area contributed by atoms with E-state index in [9.17, 15) is 24.9 Å². The number of hydrogen-bond donors (Lipinski definition) is 5. The summed E-state index contributed by atoms with van der Waals surface area (Å²) in [5, 5.41) is 40.7. The van der Waals surface area contributed by atoms with Crippen molar-refractivity contribution in [3.05, 3.63) is 11.8 Å². The second-order valence-electron chi connectivity index (χ2n) is 6.49. The number of aliphatic hydroxyl groups excluding tert-OH is 3. The Morgan fingerprint density at radius 3 is 2.30 bits per heavy atom. The van der Waals surface area contributed by atoms with Gasteiger partial charge in [-0.2, -0.15) is 0 Å². The maximum Gasteiger partial charge on any atom is 0.371 e. The van der Waals surface area contributed by atoms with Crippen LogP contribution in [-0.4, -0.2) is 94.9 Å². The van der Waals surface area contributed by atoms with E-state index in [1.165, 1.54) is 13.0 Å². The Morgan fingerprint density at radius 2 is 1.91 bits per heavy atom. The maximum atomic E-state index is 11.5. The molecule has 0 aromatic carbocycles. The number of carboxylic acid groups (broad SMARTS) is 1. The van der Waals surface area contributed by atoms with Crippen molar-refractivity contribution in [2.75, 3.05) is 27.7 Å². The smallest absolute Gasteiger partial charge is 0.371 e. The van der Waals surface area contributed by atoms with Crippen LogP contribution < -0.4 is 5.32 Å². The second-order valence-corrected chi connectivity index (χ2v) is 6.49. The molecule has 5 atom stereocenters. The number of carboxylic acids is 1. The van der Waals surface area contributed by atoms with Crippen LogP contribution >= 0.6 is 0 Å². The number of aliphatic carboxylic acids is 1. The molecule has 1 unspecified atom stereocenters. The van der Waals surface area contributed by atoms with Gasteiger partial charge in [0.15, 0.2) is 6.10 Å². The number of nitrogens with one attached hydrogen (secondary N) is 1. The Hall–Kier alpha value is -1.68. The number of carbonyl (C=O) groups excluding carboxylic acids is 1. The summed E-state index contributed by atoms with van der Waals surface area (Å²) in [5.41, 5.74) is 0. The topological polar surface area (TPSA) is 136 Å². The minimum Gasteiger partial charge on any atom is -0.478 e. The summed E-state index contributed by atoms with van der Waals surface area (Å²) < 4.78 is 5.54. The fourth-order valence-electron chi connectivity index (χ4n) is 2.55. The Labute approximate surface area is 134 Å². The molecule has 0 spiro atoms. The van der Waals surface area contributed by atoms with Crippen LogP contribution in [0, 0.1) is 0 Å². The van der Waals surface area contributed by atoms with Gasteiger partial charge in [0.25, 0.3) is 0 Å². The molecule has 1 heterocycles. The van der Waals surface area contributed by atoms with E-state index in [2.05, 4.69) is 5.32 Å². The molecule has 132 valence electrons. The summed E-state index contributed by atoms with van der Waals surface area (Å²) in [6, 6.07) is -1.31. The molecule has 1 aliphatic rings. The quantitative estimate of drug-likeness (QED) is 0.343. The average Bonchev–Trinajstić information content (AvgIpc) is 2.43. The van der Waals surface area contributed by atoms with Crippen LogP contribution in [0.4, 0.5) is 0 Å². The first-order valence-electron chi connectivity index (χ1n) is 7.16. The van der Waals surface area contributed by atoms with E-state index in [0.29, 0.717) is 0 Å². The van der Waals surface area contributed by atoms with E-state index in [0.717, 1.165) is 0 Å². The van der Waals surface area contributed by atoms with Gasteiger partial charge in [-0.1, -0.05) is 0 Å². The van der Waals surface area contributed by atoms with Crippen LogP contribution in [0.5, 0.6) is 0 Å². The number of rotatable bonds is 6. The summed E-state index contributed by atoms with van der Waals surface area (Å²) in [5.74, 6) is -2.08.